The Morgan fingerprint density at radius 3 is 2.80 bits per heavy atom. The van der Waals surface area contributed by atoms with E-state index in [-0.39, 0.29) is 11.8 Å². The highest BCUT2D eigenvalue weighted by molar-refractivity contribution is 5.81. The molecule has 0 aliphatic carbocycles. The van der Waals surface area contributed by atoms with Crippen molar-refractivity contribution in [2.45, 2.75) is 6.92 Å². The van der Waals surface area contributed by atoms with E-state index in [0.29, 0.717) is 22.7 Å². The topological polar surface area (TPSA) is 78.8 Å². The van der Waals surface area contributed by atoms with Crippen molar-refractivity contribution >= 4 is 17.1 Å². The van der Waals surface area contributed by atoms with E-state index in [1.54, 1.807) is 17.6 Å². The van der Waals surface area contributed by atoms with E-state index >= 15 is 0 Å². The summed E-state index contributed by atoms with van der Waals surface area (Å²) in [5, 5.41) is 0. The molecule has 3 aromatic rings. The number of hydrogen-bond acceptors (Lipinski definition) is 5. The van der Waals surface area contributed by atoms with Crippen LogP contribution in [0.5, 0.6) is 5.88 Å². The Labute approximate surface area is 114 Å². The van der Waals surface area contributed by atoms with Gasteiger partial charge in [-0.1, -0.05) is 0 Å². The van der Waals surface area contributed by atoms with Crippen molar-refractivity contribution in [1.82, 2.24) is 19.5 Å². The highest BCUT2D eigenvalue weighted by Crippen LogP contribution is 2.27. The molecule has 102 valence electrons. The Morgan fingerprint density at radius 1 is 1.30 bits per heavy atom. The molecule has 20 heavy (non-hydrogen) atoms. The van der Waals surface area contributed by atoms with Gasteiger partial charge in [0.05, 0.1) is 12.8 Å². The predicted octanol–water partition coefficient (Wildman–Crippen LogP) is 1.85. The third-order valence-electron chi connectivity index (χ3n) is 3.03. The van der Waals surface area contributed by atoms with Gasteiger partial charge in [-0.3, -0.25) is 4.57 Å². The summed E-state index contributed by atoms with van der Waals surface area (Å²) in [6.07, 6.45) is 1.37. The van der Waals surface area contributed by atoms with Crippen molar-refractivity contribution in [2.24, 2.45) is 0 Å². The third kappa shape index (κ3) is 1.75. The van der Waals surface area contributed by atoms with Crippen LogP contribution in [0, 0.1) is 12.7 Å². The molecule has 2 aromatic heterocycles. The highest BCUT2D eigenvalue weighted by Gasteiger charge is 2.17. The maximum Gasteiger partial charge on any atom is 0.245 e. The van der Waals surface area contributed by atoms with Crippen molar-refractivity contribution in [3.05, 3.63) is 35.9 Å². The summed E-state index contributed by atoms with van der Waals surface area (Å²) >= 11 is 0. The summed E-state index contributed by atoms with van der Waals surface area (Å²) in [7, 11) is 1.50. The molecule has 2 heterocycles. The van der Waals surface area contributed by atoms with Crippen LogP contribution in [0.2, 0.25) is 0 Å². The molecule has 0 bridgehead atoms. The van der Waals surface area contributed by atoms with E-state index in [0.717, 1.165) is 5.56 Å². The molecule has 0 spiro atoms. The van der Waals surface area contributed by atoms with Crippen LogP contribution in [0.25, 0.3) is 16.9 Å². The molecule has 0 unspecified atom stereocenters. The Morgan fingerprint density at radius 2 is 2.10 bits per heavy atom. The second kappa shape index (κ2) is 4.44. The van der Waals surface area contributed by atoms with E-state index < -0.39 is 0 Å². The number of aryl methyl sites for hydroxylation is 1. The van der Waals surface area contributed by atoms with Gasteiger partial charge in [0, 0.05) is 0 Å². The number of aromatic nitrogens is 4. The van der Waals surface area contributed by atoms with Crippen LogP contribution in [-0.2, 0) is 0 Å². The number of nitrogens with two attached hydrogens (primary N) is 1. The van der Waals surface area contributed by atoms with Crippen molar-refractivity contribution in [1.29, 1.82) is 0 Å². The second-order valence-corrected chi connectivity index (χ2v) is 4.29. The molecular formula is C13H12FN5O. The highest BCUT2D eigenvalue weighted by atomic mass is 19.1. The van der Waals surface area contributed by atoms with Crippen LogP contribution in [0.3, 0.4) is 0 Å². The average Bonchev–Trinajstić information content (AvgIpc) is 2.75. The number of anilines is 1. The number of fused-ring (bicyclic) bond motifs is 1. The first-order valence-electron chi connectivity index (χ1n) is 5.91. The summed E-state index contributed by atoms with van der Waals surface area (Å²) in [5.74, 6) is 0.287. The van der Waals surface area contributed by atoms with E-state index in [4.69, 9.17) is 10.5 Å². The summed E-state index contributed by atoms with van der Waals surface area (Å²) in [6.45, 7) is 1.79. The molecule has 0 aliphatic heterocycles. The average molecular weight is 273 g/mol. The van der Waals surface area contributed by atoms with Crippen LogP contribution in [0.1, 0.15) is 5.56 Å². The molecule has 0 aliphatic rings. The number of nitrogens with zero attached hydrogens (tertiary/aromatic N) is 4. The molecule has 6 nitrogen and oxygen atoms in total. The summed E-state index contributed by atoms with van der Waals surface area (Å²) < 4.78 is 20.0. The smallest absolute Gasteiger partial charge is 0.245 e. The van der Waals surface area contributed by atoms with Gasteiger partial charge in [0.1, 0.15) is 12.1 Å². The van der Waals surface area contributed by atoms with Gasteiger partial charge < -0.3 is 10.5 Å². The van der Waals surface area contributed by atoms with Crippen LogP contribution in [0.15, 0.2) is 24.5 Å². The molecule has 2 N–H and O–H groups in total. The number of halogens is 1. The lowest BCUT2D eigenvalue weighted by atomic mass is 10.2. The fourth-order valence-corrected chi connectivity index (χ4v) is 2.15. The van der Waals surface area contributed by atoms with Gasteiger partial charge in [-0.2, -0.15) is 4.98 Å². The van der Waals surface area contributed by atoms with Gasteiger partial charge in [0.25, 0.3) is 0 Å². The molecule has 1 aromatic carbocycles. The molecular weight excluding hydrogens is 261 g/mol. The number of imidazole rings is 1. The summed E-state index contributed by atoms with van der Waals surface area (Å²) in [6, 6.07) is 4.43. The zero-order chi connectivity index (χ0) is 14.3. The molecule has 7 heteroatoms. The van der Waals surface area contributed by atoms with Crippen LogP contribution >= 0.6 is 0 Å². The Hall–Kier alpha value is -2.70. The normalized spacial score (nSPS) is 10.9. The maximum absolute atomic E-state index is 13.2. The Balaban J connectivity index is 2.34. The lowest BCUT2D eigenvalue weighted by molar-refractivity contribution is 0.401. The monoisotopic (exact) mass is 273 g/mol. The quantitative estimate of drug-likeness (QED) is 0.771. The molecule has 0 fully saturated rings. The second-order valence-electron chi connectivity index (χ2n) is 4.29. The largest absolute Gasteiger partial charge is 0.479 e. The molecule has 0 radical (unpaired) electrons. The number of ether oxygens (including phenoxy) is 1. The first-order chi connectivity index (χ1) is 9.61. The summed E-state index contributed by atoms with van der Waals surface area (Å²) in [5.41, 5.74) is 8.38. The minimum atomic E-state index is -0.304. The maximum atomic E-state index is 13.2. The minimum absolute atomic E-state index is 0.244. The number of hydrogen-bond donors (Lipinski definition) is 1. The van der Waals surface area contributed by atoms with E-state index in [1.807, 2.05) is 0 Å². The fraction of sp³-hybridized carbons (Fsp3) is 0.154. The predicted molar refractivity (Wildman–Crippen MR) is 72.3 cm³/mol. The SMILES string of the molecule is COc1ncnc2c1nc(N)n2-c1ccc(F)cc1C. The number of rotatable bonds is 2. The lowest BCUT2D eigenvalue weighted by Gasteiger charge is -2.09. The van der Waals surface area contributed by atoms with Gasteiger partial charge in [0.2, 0.25) is 11.8 Å². The van der Waals surface area contributed by atoms with Gasteiger partial charge in [0.15, 0.2) is 11.2 Å². The molecule has 0 saturated heterocycles. The third-order valence-corrected chi connectivity index (χ3v) is 3.03. The van der Waals surface area contributed by atoms with Gasteiger partial charge in [-0.25, -0.2) is 14.4 Å². The standard InChI is InChI=1S/C13H12FN5O/c1-7-5-8(14)3-4-9(7)19-11-10(18-13(19)15)12(20-2)17-6-16-11/h3-6H,1-2H3,(H2,15,18). The molecule has 0 saturated carbocycles. The minimum Gasteiger partial charge on any atom is -0.479 e. The number of benzene rings is 1. The van der Waals surface area contributed by atoms with E-state index in [2.05, 4.69) is 15.0 Å². The lowest BCUT2D eigenvalue weighted by Crippen LogP contribution is -2.03. The zero-order valence-corrected chi connectivity index (χ0v) is 11.0. The molecule has 0 atom stereocenters. The Kier molecular flexibility index (Phi) is 2.74. The van der Waals surface area contributed by atoms with Gasteiger partial charge >= 0.3 is 0 Å². The van der Waals surface area contributed by atoms with E-state index in [9.17, 15) is 4.39 Å². The van der Waals surface area contributed by atoms with E-state index in [1.165, 1.54) is 25.6 Å². The van der Waals surface area contributed by atoms with Crippen LogP contribution in [-0.4, -0.2) is 26.6 Å². The number of methoxy groups -OCH3 is 1. The van der Waals surface area contributed by atoms with Gasteiger partial charge in [-0.05, 0) is 30.7 Å². The fourth-order valence-electron chi connectivity index (χ4n) is 2.15. The summed E-state index contributed by atoms with van der Waals surface area (Å²) in [4.78, 5) is 12.4. The van der Waals surface area contributed by atoms with Crippen molar-refractivity contribution < 1.29 is 9.13 Å². The molecule has 3 rings (SSSR count). The molecule has 0 amide bonds. The van der Waals surface area contributed by atoms with Crippen molar-refractivity contribution in [3.63, 3.8) is 0 Å². The zero-order valence-electron chi connectivity index (χ0n) is 11.0. The van der Waals surface area contributed by atoms with Crippen LogP contribution in [0.4, 0.5) is 10.3 Å². The first kappa shape index (κ1) is 12.3. The number of nitrogen functional groups attached to an aromatic ring is 1. The van der Waals surface area contributed by atoms with Crippen LogP contribution < -0.4 is 10.5 Å². The Bertz CT molecular complexity index is 799. The van der Waals surface area contributed by atoms with Crippen molar-refractivity contribution in [3.8, 4) is 11.6 Å². The van der Waals surface area contributed by atoms with Crippen molar-refractivity contribution in [2.75, 3.05) is 12.8 Å². The van der Waals surface area contributed by atoms with Gasteiger partial charge in [-0.15, -0.1) is 0 Å². The first-order valence-corrected chi connectivity index (χ1v) is 5.91.